The molecule has 1 aromatic heterocycles. The van der Waals surface area contributed by atoms with E-state index in [1.54, 1.807) is 18.2 Å². The van der Waals surface area contributed by atoms with Gasteiger partial charge in [0.1, 0.15) is 5.69 Å². The minimum Gasteiger partial charge on any atom is -0.292 e. The molecule has 0 atom stereocenters. The predicted octanol–water partition coefficient (Wildman–Crippen LogP) is 4.91. The van der Waals surface area contributed by atoms with E-state index in [2.05, 4.69) is 20.9 Å². The zero-order valence-corrected chi connectivity index (χ0v) is 12.0. The molecule has 0 radical (unpaired) electrons. The van der Waals surface area contributed by atoms with Crippen molar-refractivity contribution in [3.05, 3.63) is 40.5 Å². The molecule has 106 valence electrons. The fraction of sp³-hybridized carbons (Fsp3) is 0.286. The summed E-state index contributed by atoms with van der Waals surface area (Å²) in [4.78, 5) is 16.1. The summed E-state index contributed by atoms with van der Waals surface area (Å²) in [5.41, 5.74) is 0.834. The van der Waals surface area contributed by atoms with Crippen molar-refractivity contribution in [1.29, 1.82) is 0 Å². The molecule has 20 heavy (non-hydrogen) atoms. The normalized spacial score (nSPS) is 11.8. The van der Waals surface area contributed by atoms with E-state index in [0.29, 0.717) is 9.99 Å². The number of nitrogens with zero attached hydrogens (tertiary/aromatic N) is 1. The Balaban J connectivity index is 2.15. The lowest BCUT2D eigenvalue weighted by atomic mass is 10.1. The molecule has 2 rings (SSSR count). The number of carbonyl (C=O) groups excluding carboxylic acids is 1. The monoisotopic (exact) mass is 345 g/mol. The number of hydrogen-bond donors (Lipinski definition) is 0. The Morgan fingerprint density at radius 2 is 1.95 bits per heavy atom. The molecule has 2 aromatic rings. The molecule has 0 aliphatic rings. The summed E-state index contributed by atoms with van der Waals surface area (Å²) in [5, 5.41) is 0.867. The van der Waals surface area contributed by atoms with Crippen LogP contribution in [0.3, 0.4) is 0 Å². The Hall–Kier alpha value is -1.43. The second-order valence-corrected chi connectivity index (χ2v) is 5.26. The van der Waals surface area contributed by atoms with Crippen LogP contribution >= 0.6 is 15.9 Å². The van der Waals surface area contributed by atoms with Crippen molar-refractivity contribution in [1.82, 2.24) is 4.98 Å². The molecule has 0 fully saturated rings. The number of aromatic nitrogens is 1. The number of fused-ring (bicyclic) bond motifs is 1. The maximum atomic E-state index is 12.1. The number of ketones is 1. The second-order valence-electron chi connectivity index (χ2n) is 4.40. The fourth-order valence-electron chi connectivity index (χ4n) is 1.85. The van der Waals surface area contributed by atoms with Crippen LogP contribution in [0.1, 0.15) is 29.8 Å². The molecule has 1 heterocycles. The number of halogens is 4. The zero-order chi connectivity index (χ0) is 14.8. The third-order valence-electron chi connectivity index (χ3n) is 2.81. The first-order valence-corrected chi connectivity index (χ1v) is 6.81. The van der Waals surface area contributed by atoms with Gasteiger partial charge in [-0.3, -0.25) is 4.79 Å². The Bertz CT molecular complexity index is 640. The third kappa shape index (κ3) is 3.79. The lowest BCUT2D eigenvalue weighted by Crippen LogP contribution is -2.09. The van der Waals surface area contributed by atoms with E-state index in [0.717, 1.165) is 5.39 Å². The number of hydrogen-bond acceptors (Lipinski definition) is 2. The van der Waals surface area contributed by atoms with Gasteiger partial charge in [0.25, 0.3) is 0 Å². The van der Waals surface area contributed by atoms with Crippen LogP contribution in [0.4, 0.5) is 13.2 Å². The van der Waals surface area contributed by atoms with Gasteiger partial charge in [0, 0.05) is 22.7 Å². The van der Waals surface area contributed by atoms with E-state index in [1.165, 1.54) is 0 Å². The van der Waals surface area contributed by atoms with Crippen LogP contribution < -0.4 is 0 Å². The highest BCUT2D eigenvalue weighted by molar-refractivity contribution is 9.10. The SMILES string of the molecule is O=C(CCCC(F)(F)F)c1nc2ccccc2cc1Br. The summed E-state index contributed by atoms with van der Waals surface area (Å²) in [7, 11) is 0. The van der Waals surface area contributed by atoms with Gasteiger partial charge in [-0.25, -0.2) is 4.98 Å². The predicted molar refractivity (Wildman–Crippen MR) is 73.7 cm³/mol. The molecule has 0 amide bonds. The Morgan fingerprint density at radius 3 is 2.65 bits per heavy atom. The average Bonchev–Trinajstić information content (AvgIpc) is 2.36. The van der Waals surface area contributed by atoms with E-state index in [9.17, 15) is 18.0 Å². The smallest absolute Gasteiger partial charge is 0.292 e. The summed E-state index contributed by atoms with van der Waals surface area (Å²) in [5.74, 6) is -0.383. The summed E-state index contributed by atoms with van der Waals surface area (Å²) < 4.78 is 36.7. The summed E-state index contributed by atoms with van der Waals surface area (Å²) >= 11 is 3.24. The van der Waals surface area contributed by atoms with Crippen molar-refractivity contribution in [2.24, 2.45) is 0 Å². The van der Waals surface area contributed by atoms with Crippen molar-refractivity contribution in [3.63, 3.8) is 0 Å². The standard InChI is InChI=1S/C14H11BrF3NO/c15-10-8-9-4-1-2-5-11(9)19-13(10)12(20)6-3-7-14(16,17)18/h1-2,4-5,8H,3,6-7H2. The maximum Gasteiger partial charge on any atom is 0.389 e. The molecule has 0 aliphatic heterocycles. The van der Waals surface area contributed by atoms with Crippen LogP contribution in [0.15, 0.2) is 34.8 Å². The minimum atomic E-state index is -4.23. The molecule has 2 nitrogen and oxygen atoms in total. The first-order valence-electron chi connectivity index (χ1n) is 6.02. The highest BCUT2D eigenvalue weighted by Gasteiger charge is 2.27. The van der Waals surface area contributed by atoms with Gasteiger partial charge in [-0.1, -0.05) is 18.2 Å². The van der Waals surface area contributed by atoms with E-state index in [-0.39, 0.29) is 24.3 Å². The van der Waals surface area contributed by atoms with E-state index in [1.807, 2.05) is 12.1 Å². The molecule has 0 aliphatic carbocycles. The number of rotatable bonds is 4. The summed E-state index contributed by atoms with van der Waals surface area (Å²) in [6.45, 7) is 0. The van der Waals surface area contributed by atoms with Gasteiger partial charge < -0.3 is 0 Å². The molecule has 0 bridgehead atoms. The topological polar surface area (TPSA) is 30.0 Å². The number of pyridine rings is 1. The van der Waals surface area contributed by atoms with Crippen LogP contribution in [0.25, 0.3) is 10.9 Å². The van der Waals surface area contributed by atoms with Crippen LogP contribution in [0.5, 0.6) is 0 Å². The van der Waals surface area contributed by atoms with Gasteiger partial charge in [0.15, 0.2) is 5.78 Å². The van der Waals surface area contributed by atoms with Gasteiger partial charge in [-0.15, -0.1) is 0 Å². The molecular weight excluding hydrogens is 335 g/mol. The first-order chi connectivity index (χ1) is 9.37. The number of benzene rings is 1. The van der Waals surface area contributed by atoms with Gasteiger partial charge in [-0.05, 0) is 34.5 Å². The Morgan fingerprint density at radius 1 is 1.25 bits per heavy atom. The van der Waals surface area contributed by atoms with E-state index in [4.69, 9.17) is 0 Å². The van der Waals surface area contributed by atoms with Crippen molar-refractivity contribution in [3.8, 4) is 0 Å². The summed E-state index contributed by atoms with van der Waals surface area (Å²) in [6, 6.07) is 9.00. The van der Waals surface area contributed by atoms with E-state index >= 15 is 0 Å². The zero-order valence-electron chi connectivity index (χ0n) is 10.4. The average molecular weight is 346 g/mol. The van der Waals surface area contributed by atoms with Crippen molar-refractivity contribution in [2.75, 3.05) is 0 Å². The lowest BCUT2D eigenvalue weighted by molar-refractivity contribution is -0.135. The van der Waals surface area contributed by atoms with Crippen LogP contribution in [-0.2, 0) is 0 Å². The molecule has 0 unspecified atom stereocenters. The van der Waals surface area contributed by atoms with Crippen LogP contribution in [0.2, 0.25) is 0 Å². The molecule has 0 N–H and O–H groups in total. The molecule has 0 saturated carbocycles. The quantitative estimate of drug-likeness (QED) is 0.736. The minimum absolute atomic E-state index is 0.163. The van der Waals surface area contributed by atoms with Crippen molar-refractivity contribution < 1.29 is 18.0 Å². The summed E-state index contributed by atoms with van der Waals surface area (Å²) in [6.07, 6.45) is -5.56. The van der Waals surface area contributed by atoms with Gasteiger partial charge in [0.2, 0.25) is 0 Å². The molecule has 1 aromatic carbocycles. The second kappa shape index (κ2) is 5.91. The highest BCUT2D eigenvalue weighted by atomic mass is 79.9. The third-order valence-corrected chi connectivity index (χ3v) is 3.41. The van der Waals surface area contributed by atoms with Gasteiger partial charge in [0.05, 0.1) is 5.52 Å². The number of Topliss-reactive ketones (excluding diaryl/α,β-unsaturated/α-hetero) is 1. The van der Waals surface area contributed by atoms with Gasteiger partial charge >= 0.3 is 6.18 Å². The lowest BCUT2D eigenvalue weighted by Gasteiger charge is -2.07. The van der Waals surface area contributed by atoms with Crippen molar-refractivity contribution >= 4 is 32.6 Å². The molecule has 0 saturated heterocycles. The van der Waals surface area contributed by atoms with Crippen molar-refractivity contribution in [2.45, 2.75) is 25.4 Å². The maximum absolute atomic E-state index is 12.1. The number of alkyl halides is 3. The number of para-hydroxylation sites is 1. The molecule has 6 heteroatoms. The fourth-order valence-corrected chi connectivity index (χ4v) is 2.41. The molecular formula is C14H11BrF3NO. The Kier molecular flexibility index (Phi) is 4.42. The van der Waals surface area contributed by atoms with E-state index < -0.39 is 12.6 Å². The Labute approximate surface area is 122 Å². The highest BCUT2D eigenvalue weighted by Crippen LogP contribution is 2.25. The van der Waals surface area contributed by atoms with Crippen LogP contribution in [0, 0.1) is 0 Å². The van der Waals surface area contributed by atoms with Gasteiger partial charge in [-0.2, -0.15) is 13.2 Å². The number of carbonyl (C=O) groups is 1. The van der Waals surface area contributed by atoms with Crippen LogP contribution in [-0.4, -0.2) is 16.9 Å². The first kappa shape index (κ1) is 15.0. The largest absolute Gasteiger partial charge is 0.389 e. The molecule has 0 spiro atoms.